The minimum absolute atomic E-state index is 0.0310. The number of halogens is 1. The van der Waals surface area contributed by atoms with Gasteiger partial charge in [0.1, 0.15) is 5.82 Å². The Kier molecular flexibility index (Phi) is 4.60. The van der Waals surface area contributed by atoms with Crippen LogP contribution in [-0.2, 0) is 0 Å². The van der Waals surface area contributed by atoms with E-state index in [1.165, 1.54) is 23.8 Å². The molecule has 2 bridgehead atoms. The Bertz CT molecular complexity index is 644. The molecule has 4 heterocycles. The molecule has 3 N–H and O–H groups in total. The van der Waals surface area contributed by atoms with Crippen LogP contribution in [0.15, 0.2) is 12.3 Å². The maximum atomic E-state index is 14.2. The zero-order valence-electron chi connectivity index (χ0n) is 14.2. The van der Waals surface area contributed by atoms with Crippen LogP contribution in [-0.4, -0.2) is 58.2 Å². The number of aliphatic hydroxyl groups excluding tert-OH is 1. The molecular formula is C18H25FN4O2. The van der Waals surface area contributed by atoms with Crippen LogP contribution in [0.4, 0.5) is 10.2 Å². The molecule has 3 aliphatic heterocycles. The summed E-state index contributed by atoms with van der Waals surface area (Å²) in [6.07, 6.45) is 6.49. The maximum Gasteiger partial charge on any atom is 0.257 e. The number of carbonyl (C=O) groups is 1. The van der Waals surface area contributed by atoms with Gasteiger partial charge < -0.3 is 20.6 Å². The number of hydrogen-bond acceptors (Lipinski definition) is 5. The predicted octanol–water partition coefficient (Wildman–Crippen LogP) is 1.51. The lowest BCUT2D eigenvalue weighted by molar-refractivity contribution is 0.0470. The van der Waals surface area contributed by atoms with Gasteiger partial charge in [0.15, 0.2) is 5.82 Å². The van der Waals surface area contributed by atoms with Crippen molar-refractivity contribution in [1.82, 2.24) is 15.2 Å². The van der Waals surface area contributed by atoms with Crippen molar-refractivity contribution in [3.05, 3.63) is 23.6 Å². The van der Waals surface area contributed by atoms with E-state index in [9.17, 15) is 14.3 Å². The smallest absolute Gasteiger partial charge is 0.257 e. The summed E-state index contributed by atoms with van der Waals surface area (Å²) in [5.41, 5.74) is 0.0310. The molecule has 3 fully saturated rings. The fourth-order valence-corrected chi connectivity index (χ4v) is 4.38. The Hall–Kier alpha value is -1.73. The van der Waals surface area contributed by atoms with Crippen LogP contribution in [0.3, 0.4) is 0 Å². The van der Waals surface area contributed by atoms with Crippen LogP contribution in [0.1, 0.15) is 48.9 Å². The van der Waals surface area contributed by atoms with Crippen molar-refractivity contribution < 1.29 is 14.3 Å². The highest BCUT2D eigenvalue weighted by atomic mass is 19.1. The summed E-state index contributed by atoms with van der Waals surface area (Å²) >= 11 is 0. The lowest BCUT2D eigenvalue weighted by Gasteiger charge is -2.31. The number of hydrogen-bond donors (Lipinski definition) is 3. The maximum absolute atomic E-state index is 14.2. The molecule has 3 atom stereocenters. The molecule has 0 aliphatic carbocycles. The van der Waals surface area contributed by atoms with E-state index in [1.807, 2.05) is 0 Å². The number of nitrogens with one attached hydrogen (secondary N) is 2. The first-order valence-electron chi connectivity index (χ1n) is 9.24. The molecule has 0 saturated carbocycles. The number of β-amino-alcohol motifs (C(OH)–C–C–N with tert-alkyl or cyclic N) is 1. The second-order valence-electron chi connectivity index (χ2n) is 7.55. The first-order chi connectivity index (χ1) is 12.1. The number of nitrogens with zero attached hydrogens (tertiary/aromatic N) is 2. The first kappa shape index (κ1) is 16.7. The lowest BCUT2D eigenvalue weighted by atomic mass is 10.00. The van der Waals surface area contributed by atoms with Crippen molar-refractivity contribution in [1.29, 1.82) is 0 Å². The van der Waals surface area contributed by atoms with Crippen molar-refractivity contribution in [3.8, 4) is 0 Å². The Labute approximate surface area is 146 Å². The number of rotatable bonds is 3. The van der Waals surface area contributed by atoms with Crippen molar-refractivity contribution in [3.63, 3.8) is 0 Å². The molecule has 3 aliphatic rings. The van der Waals surface area contributed by atoms with Crippen LogP contribution in [0.5, 0.6) is 0 Å². The second kappa shape index (κ2) is 6.88. The molecule has 7 heteroatoms. The van der Waals surface area contributed by atoms with E-state index in [0.29, 0.717) is 36.9 Å². The van der Waals surface area contributed by atoms with Crippen LogP contribution in [0.25, 0.3) is 0 Å². The molecule has 1 amide bonds. The van der Waals surface area contributed by atoms with Gasteiger partial charge in [0.25, 0.3) is 5.91 Å². The quantitative estimate of drug-likeness (QED) is 0.772. The van der Waals surface area contributed by atoms with Crippen LogP contribution >= 0.6 is 0 Å². The molecule has 3 saturated heterocycles. The number of likely N-dealkylation sites (tertiary alicyclic amines) is 1. The Morgan fingerprint density at radius 3 is 2.80 bits per heavy atom. The number of anilines is 1. The fraction of sp³-hybridized carbons (Fsp3) is 0.667. The van der Waals surface area contributed by atoms with E-state index < -0.39 is 11.9 Å². The summed E-state index contributed by atoms with van der Waals surface area (Å²) in [6, 6.07) is 2.92. The van der Waals surface area contributed by atoms with Gasteiger partial charge in [-0.05, 0) is 44.6 Å². The number of carbonyl (C=O) groups excluding carboxylic acids is 1. The molecule has 4 rings (SSSR count). The minimum atomic E-state index is -0.610. The van der Waals surface area contributed by atoms with Gasteiger partial charge in [-0.2, -0.15) is 0 Å². The largest absolute Gasteiger partial charge is 0.391 e. The number of aliphatic hydroxyl groups is 1. The molecule has 25 heavy (non-hydrogen) atoms. The molecular weight excluding hydrogens is 323 g/mol. The van der Waals surface area contributed by atoms with E-state index >= 15 is 0 Å². The van der Waals surface area contributed by atoms with Crippen molar-refractivity contribution in [2.75, 3.05) is 18.4 Å². The van der Waals surface area contributed by atoms with Crippen LogP contribution in [0.2, 0.25) is 0 Å². The summed E-state index contributed by atoms with van der Waals surface area (Å²) < 4.78 is 14.2. The van der Waals surface area contributed by atoms with Crippen molar-refractivity contribution in [2.45, 2.75) is 62.8 Å². The minimum Gasteiger partial charge on any atom is -0.391 e. The summed E-state index contributed by atoms with van der Waals surface area (Å²) in [6.45, 7) is 0.819. The van der Waals surface area contributed by atoms with Gasteiger partial charge in [0, 0.05) is 31.2 Å². The Morgan fingerprint density at radius 2 is 2.08 bits per heavy atom. The van der Waals surface area contributed by atoms with E-state index in [0.717, 1.165) is 25.5 Å². The summed E-state index contributed by atoms with van der Waals surface area (Å²) in [4.78, 5) is 18.3. The van der Waals surface area contributed by atoms with Gasteiger partial charge in [-0.1, -0.05) is 0 Å². The molecule has 0 aromatic carbocycles. The Balaban J connectivity index is 1.47. The zero-order valence-corrected chi connectivity index (χ0v) is 14.2. The molecule has 6 nitrogen and oxygen atoms in total. The zero-order chi connectivity index (χ0) is 17.4. The standard InChI is InChI=1S/C18H25FN4O2/c19-16-9-20-17(22-13-6-11-3-4-12(7-13)21-11)8-15(16)18(25)23-5-1-2-14(24)10-23/h8-9,11-14,21,24H,1-7,10H2,(H,20,22). The second-order valence-corrected chi connectivity index (χ2v) is 7.55. The van der Waals surface area contributed by atoms with Gasteiger partial charge in [0.05, 0.1) is 17.9 Å². The molecule has 136 valence electrons. The van der Waals surface area contributed by atoms with Crippen LogP contribution in [0, 0.1) is 5.82 Å². The van der Waals surface area contributed by atoms with Crippen LogP contribution < -0.4 is 10.6 Å². The topological polar surface area (TPSA) is 77.5 Å². The molecule has 1 aromatic rings. The van der Waals surface area contributed by atoms with E-state index in [1.54, 1.807) is 0 Å². The predicted molar refractivity (Wildman–Crippen MR) is 91.9 cm³/mol. The van der Waals surface area contributed by atoms with Gasteiger partial charge in [-0.15, -0.1) is 0 Å². The Morgan fingerprint density at radius 1 is 1.32 bits per heavy atom. The summed E-state index contributed by atoms with van der Waals surface area (Å²) in [5.74, 6) is -0.429. The number of piperidine rings is 2. The third-order valence-corrected chi connectivity index (χ3v) is 5.59. The highest BCUT2D eigenvalue weighted by Crippen LogP contribution is 2.28. The number of aromatic nitrogens is 1. The average molecular weight is 348 g/mol. The monoisotopic (exact) mass is 348 g/mol. The number of amides is 1. The molecule has 1 aromatic heterocycles. The number of fused-ring (bicyclic) bond motifs is 2. The third-order valence-electron chi connectivity index (χ3n) is 5.59. The van der Waals surface area contributed by atoms with Gasteiger partial charge in [0.2, 0.25) is 0 Å². The highest BCUT2D eigenvalue weighted by molar-refractivity contribution is 5.95. The average Bonchev–Trinajstić information content (AvgIpc) is 2.94. The van der Waals surface area contributed by atoms with Gasteiger partial charge in [-0.25, -0.2) is 9.37 Å². The first-order valence-corrected chi connectivity index (χ1v) is 9.24. The molecule has 0 radical (unpaired) electrons. The summed E-state index contributed by atoms with van der Waals surface area (Å²) in [5, 5.41) is 16.7. The fourth-order valence-electron chi connectivity index (χ4n) is 4.38. The van der Waals surface area contributed by atoms with E-state index in [2.05, 4.69) is 15.6 Å². The number of pyridine rings is 1. The molecule has 0 spiro atoms. The van der Waals surface area contributed by atoms with E-state index in [4.69, 9.17) is 0 Å². The SMILES string of the molecule is O=C(c1cc(NC2CC3CCC(C2)N3)ncc1F)N1CCCC(O)C1. The van der Waals surface area contributed by atoms with Crippen molar-refractivity contribution >= 4 is 11.7 Å². The third kappa shape index (κ3) is 3.62. The molecule has 3 unspecified atom stereocenters. The summed E-state index contributed by atoms with van der Waals surface area (Å²) in [7, 11) is 0. The van der Waals surface area contributed by atoms with Gasteiger partial charge >= 0.3 is 0 Å². The normalized spacial score (nSPS) is 31.8. The van der Waals surface area contributed by atoms with E-state index in [-0.39, 0.29) is 18.0 Å². The van der Waals surface area contributed by atoms with Crippen molar-refractivity contribution in [2.24, 2.45) is 0 Å². The van der Waals surface area contributed by atoms with Gasteiger partial charge in [-0.3, -0.25) is 4.79 Å². The lowest BCUT2D eigenvalue weighted by Crippen LogP contribution is -2.43. The highest BCUT2D eigenvalue weighted by Gasteiger charge is 2.33.